The summed E-state index contributed by atoms with van der Waals surface area (Å²) in [6, 6.07) is 11.3. The van der Waals surface area contributed by atoms with Gasteiger partial charge < -0.3 is 14.5 Å². The molecule has 2 aromatic carbocycles. The number of carbonyl (C=O) groups is 1. The molecule has 1 aliphatic heterocycles. The van der Waals surface area contributed by atoms with Crippen LogP contribution in [0.4, 0.5) is 18.9 Å². The van der Waals surface area contributed by atoms with Gasteiger partial charge in [0.2, 0.25) is 5.91 Å². The predicted molar refractivity (Wildman–Crippen MR) is 116 cm³/mol. The highest BCUT2D eigenvalue weighted by Crippen LogP contribution is 2.43. The predicted octanol–water partition coefficient (Wildman–Crippen LogP) is 4.97. The van der Waals surface area contributed by atoms with E-state index in [2.05, 4.69) is 0 Å². The second-order valence-corrected chi connectivity index (χ2v) is 8.43. The number of amides is 1. The zero-order valence-electron chi connectivity index (χ0n) is 18.5. The van der Waals surface area contributed by atoms with Crippen molar-refractivity contribution in [1.82, 2.24) is 4.90 Å². The van der Waals surface area contributed by atoms with Crippen molar-refractivity contribution >= 4 is 11.6 Å². The van der Waals surface area contributed by atoms with Crippen LogP contribution in [0.25, 0.3) is 0 Å². The average Bonchev–Trinajstić information content (AvgIpc) is 2.83. The van der Waals surface area contributed by atoms with Crippen LogP contribution in [0, 0.1) is 5.92 Å². The zero-order valence-corrected chi connectivity index (χ0v) is 18.5. The van der Waals surface area contributed by atoms with Gasteiger partial charge in [0, 0.05) is 24.2 Å². The smallest absolute Gasteiger partial charge is 0.416 e. The van der Waals surface area contributed by atoms with E-state index in [1.165, 1.54) is 6.07 Å². The van der Waals surface area contributed by atoms with E-state index < -0.39 is 17.7 Å². The van der Waals surface area contributed by atoms with Crippen molar-refractivity contribution in [2.45, 2.75) is 38.4 Å². The van der Waals surface area contributed by atoms with E-state index in [1.807, 2.05) is 45.0 Å². The van der Waals surface area contributed by atoms with Crippen LogP contribution in [-0.4, -0.2) is 44.6 Å². The van der Waals surface area contributed by atoms with Crippen LogP contribution >= 0.6 is 0 Å². The average molecular weight is 435 g/mol. The van der Waals surface area contributed by atoms with Crippen LogP contribution in [0.1, 0.15) is 36.5 Å². The standard InChI is InChI=1S/C24H29F3N2O2/c1-15(28(3)4)14-29-22-8-6-7-21(24(25,26)27)20(22)13-19(16(2)23(29)30)17-9-11-18(31-5)12-10-17/h6-12,15-16,19H,13-14H2,1-5H3/t15-,16+,19+/m0/s1. The second-order valence-electron chi connectivity index (χ2n) is 8.43. The molecule has 0 fully saturated rings. The van der Waals surface area contributed by atoms with Crippen molar-refractivity contribution in [2.75, 3.05) is 32.6 Å². The highest BCUT2D eigenvalue weighted by atomic mass is 19.4. The maximum atomic E-state index is 13.9. The molecular formula is C24H29F3N2O2. The van der Waals surface area contributed by atoms with Gasteiger partial charge in [0.1, 0.15) is 5.75 Å². The van der Waals surface area contributed by atoms with Crippen molar-refractivity contribution in [3.63, 3.8) is 0 Å². The zero-order chi connectivity index (χ0) is 22.9. The fourth-order valence-corrected chi connectivity index (χ4v) is 4.11. The van der Waals surface area contributed by atoms with Gasteiger partial charge in [-0.25, -0.2) is 0 Å². The van der Waals surface area contributed by atoms with Crippen LogP contribution in [0.5, 0.6) is 5.75 Å². The molecule has 3 rings (SSSR count). The van der Waals surface area contributed by atoms with E-state index in [-0.39, 0.29) is 29.9 Å². The number of anilines is 1. The summed E-state index contributed by atoms with van der Waals surface area (Å²) in [5.74, 6) is -0.349. The number of hydrogen-bond acceptors (Lipinski definition) is 3. The van der Waals surface area contributed by atoms with E-state index in [9.17, 15) is 18.0 Å². The molecule has 168 valence electrons. The number of halogens is 3. The third kappa shape index (κ3) is 4.71. The van der Waals surface area contributed by atoms with Gasteiger partial charge in [0.05, 0.1) is 12.7 Å². The summed E-state index contributed by atoms with van der Waals surface area (Å²) in [4.78, 5) is 17.0. The van der Waals surface area contributed by atoms with Crippen LogP contribution in [0.2, 0.25) is 0 Å². The van der Waals surface area contributed by atoms with Crippen molar-refractivity contribution in [3.8, 4) is 5.75 Å². The fourth-order valence-electron chi connectivity index (χ4n) is 4.11. The fraction of sp³-hybridized carbons (Fsp3) is 0.458. The Morgan fingerprint density at radius 3 is 2.35 bits per heavy atom. The number of carbonyl (C=O) groups excluding carboxylic acids is 1. The Kier molecular flexibility index (Phi) is 6.65. The van der Waals surface area contributed by atoms with Gasteiger partial charge in [-0.3, -0.25) is 4.79 Å². The van der Waals surface area contributed by atoms with E-state index in [0.29, 0.717) is 18.0 Å². The summed E-state index contributed by atoms with van der Waals surface area (Å²) in [6.45, 7) is 4.08. The molecule has 0 radical (unpaired) electrons. The topological polar surface area (TPSA) is 32.8 Å². The molecule has 2 aromatic rings. The van der Waals surface area contributed by atoms with Crippen LogP contribution in [-0.2, 0) is 17.4 Å². The SMILES string of the molecule is COc1ccc([C@@H]2Cc3c(cccc3C(F)(F)F)N(C[C@H](C)N(C)C)C(=O)[C@@H]2C)cc1. The maximum Gasteiger partial charge on any atom is 0.416 e. The summed E-state index contributed by atoms with van der Waals surface area (Å²) in [5, 5.41) is 0. The summed E-state index contributed by atoms with van der Waals surface area (Å²) >= 11 is 0. The van der Waals surface area contributed by atoms with Gasteiger partial charge in [0.15, 0.2) is 0 Å². The van der Waals surface area contributed by atoms with E-state index >= 15 is 0 Å². The van der Waals surface area contributed by atoms with Gasteiger partial charge in [0.25, 0.3) is 0 Å². The summed E-state index contributed by atoms with van der Waals surface area (Å²) in [7, 11) is 5.34. The van der Waals surface area contributed by atoms with Gasteiger partial charge in [-0.15, -0.1) is 0 Å². The first kappa shape index (κ1) is 23.1. The minimum atomic E-state index is -4.49. The molecule has 0 unspecified atom stereocenters. The van der Waals surface area contributed by atoms with Gasteiger partial charge in [-0.2, -0.15) is 13.2 Å². The molecule has 31 heavy (non-hydrogen) atoms. The Balaban J connectivity index is 2.15. The number of fused-ring (bicyclic) bond motifs is 1. The molecular weight excluding hydrogens is 405 g/mol. The van der Waals surface area contributed by atoms with E-state index in [4.69, 9.17) is 4.74 Å². The van der Waals surface area contributed by atoms with Crippen molar-refractivity contribution in [3.05, 3.63) is 59.2 Å². The second kappa shape index (κ2) is 8.91. The third-order valence-electron chi connectivity index (χ3n) is 6.30. The first-order chi connectivity index (χ1) is 14.5. The highest BCUT2D eigenvalue weighted by molar-refractivity contribution is 5.97. The van der Waals surface area contributed by atoms with Gasteiger partial charge in [-0.05, 0) is 68.8 Å². The minimum absolute atomic E-state index is 0.0175. The molecule has 1 amide bonds. The summed E-state index contributed by atoms with van der Waals surface area (Å²) in [6.07, 6.45) is -4.36. The summed E-state index contributed by atoms with van der Waals surface area (Å²) in [5.41, 5.74) is 0.691. The van der Waals surface area contributed by atoms with Crippen LogP contribution in [0.3, 0.4) is 0 Å². The third-order valence-corrected chi connectivity index (χ3v) is 6.30. The lowest BCUT2D eigenvalue weighted by atomic mass is 9.82. The molecule has 3 atom stereocenters. The number of nitrogens with zero attached hydrogens (tertiary/aromatic N) is 2. The molecule has 0 aliphatic carbocycles. The monoisotopic (exact) mass is 434 g/mol. The van der Waals surface area contributed by atoms with Crippen molar-refractivity contribution in [1.29, 1.82) is 0 Å². The number of benzene rings is 2. The molecule has 0 bridgehead atoms. The first-order valence-electron chi connectivity index (χ1n) is 10.4. The Labute approximate surface area is 181 Å². The van der Waals surface area contributed by atoms with Crippen molar-refractivity contribution in [2.24, 2.45) is 5.92 Å². The Morgan fingerprint density at radius 1 is 1.16 bits per heavy atom. The highest BCUT2D eigenvalue weighted by Gasteiger charge is 2.41. The number of alkyl halides is 3. The minimum Gasteiger partial charge on any atom is -0.497 e. The molecule has 1 heterocycles. The first-order valence-corrected chi connectivity index (χ1v) is 10.4. The normalized spacial score (nSPS) is 20.4. The Morgan fingerprint density at radius 2 is 1.81 bits per heavy atom. The quantitative estimate of drug-likeness (QED) is 0.666. The van der Waals surface area contributed by atoms with E-state index in [1.54, 1.807) is 30.2 Å². The Hall–Kier alpha value is -2.54. The number of rotatable bonds is 5. The Bertz CT molecular complexity index is 925. The molecule has 0 spiro atoms. The lowest BCUT2D eigenvalue weighted by molar-refractivity contribution is -0.138. The van der Waals surface area contributed by atoms with Gasteiger partial charge >= 0.3 is 6.18 Å². The molecule has 0 saturated carbocycles. The summed E-state index contributed by atoms with van der Waals surface area (Å²) < 4.78 is 47.0. The lowest BCUT2D eigenvalue weighted by Gasteiger charge is -2.31. The molecule has 1 aliphatic rings. The number of hydrogen-bond donors (Lipinski definition) is 0. The van der Waals surface area contributed by atoms with Crippen molar-refractivity contribution < 1.29 is 22.7 Å². The molecule has 0 saturated heterocycles. The maximum absolute atomic E-state index is 13.9. The van der Waals surface area contributed by atoms with Gasteiger partial charge in [-0.1, -0.05) is 25.1 Å². The lowest BCUT2D eigenvalue weighted by Crippen LogP contribution is -2.44. The van der Waals surface area contributed by atoms with Crippen LogP contribution < -0.4 is 9.64 Å². The van der Waals surface area contributed by atoms with E-state index in [0.717, 1.165) is 11.6 Å². The largest absolute Gasteiger partial charge is 0.497 e. The van der Waals surface area contributed by atoms with Crippen LogP contribution in [0.15, 0.2) is 42.5 Å². The molecule has 0 N–H and O–H groups in total. The molecule has 0 aromatic heterocycles. The number of likely N-dealkylation sites (N-methyl/N-ethyl adjacent to an activating group) is 1. The number of methoxy groups -OCH3 is 1. The number of ether oxygens (including phenoxy) is 1. The molecule has 7 heteroatoms. The molecule has 4 nitrogen and oxygen atoms in total.